The Hall–Kier alpha value is -2.24. The highest BCUT2D eigenvalue weighted by atomic mass is 15.4. The van der Waals surface area contributed by atoms with E-state index in [0.717, 1.165) is 37.4 Å². The molecule has 24 heavy (non-hydrogen) atoms. The van der Waals surface area contributed by atoms with Gasteiger partial charge in [0, 0.05) is 36.1 Å². The zero-order valence-corrected chi connectivity index (χ0v) is 14.0. The number of aryl methyl sites for hydroxylation is 2. The lowest BCUT2D eigenvalue weighted by Crippen LogP contribution is -2.69. The van der Waals surface area contributed by atoms with E-state index in [9.17, 15) is 0 Å². The third-order valence-electron chi connectivity index (χ3n) is 5.65. The minimum Gasteiger partial charge on any atom is -0.352 e. The van der Waals surface area contributed by atoms with Gasteiger partial charge in [0.25, 0.3) is 0 Å². The Balaban J connectivity index is 1.40. The van der Waals surface area contributed by atoms with E-state index in [4.69, 9.17) is 0 Å². The van der Waals surface area contributed by atoms with Crippen molar-refractivity contribution >= 4 is 11.6 Å². The molecule has 3 saturated heterocycles. The molecule has 4 aliphatic rings. The molecule has 1 aliphatic carbocycles. The van der Waals surface area contributed by atoms with Gasteiger partial charge in [-0.1, -0.05) is 0 Å². The van der Waals surface area contributed by atoms with Gasteiger partial charge in [0.1, 0.15) is 24.3 Å². The highest BCUT2D eigenvalue weighted by Gasteiger charge is 2.46. The van der Waals surface area contributed by atoms with Crippen LogP contribution in [0.5, 0.6) is 0 Å². The van der Waals surface area contributed by atoms with Crippen LogP contribution in [0.4, 0.5) is 11.6 Å². The van der Waals surface area contributed by atoms with Crippen LogP contribution >= 0.6 is 0 Å². The molecular weight excluding hydrogens is 300 g/mol. The van der Waals surface area contributed by atoms with Crippen molar-refractivity contribution in [1.82, 2.24) is 19.9 Å². The van der Waals surface area contributed by atoms with Gasteiger partial charge in [-0.05, 0) is 39.0 Å². The first-order valence-corrected chi connectivity index (χ1v) is 8.94. The largest absolute Gasteiger partial charge is 0.352 e. The van der Waals surface area contributed by atoms with Gasteiger partial charge in [0.2, 0.25) is 0 Å². The number of piperidine rings is 1. The van der Waals surface area contributed by atoms with Crippen LogP contribution in [0, 0.1) is 6.92 Å². The first kappa shape index (κ1) is 14.1. The standard InChI is InChI=1S/C18H22N6/c1-12-6-17(21-10-19-12)23-8-13-7-14(9-23)24(13)18-15-4-2-3-5-16(15)20-11-22-18/h6,10-11,13-14H,2-5,7-9H2,1H3. The summed E-state index contributed by atoms with van der Waals surface area (Å²) in [5.74, 6) is 2.26. The topological polar surface area (TPSA) is 58.0 Å². The molecule has 2 bridgehead atoms. The molecule has 124 valence electrons. The van der Waals surface area contributed by atoms with Crippen LogP contribution < -0.4 is 9.80 Å². The molecule has 0 spiro atoms. The second-order valence-corrected chi connectivity index (χ2v) is 7.20. The Morgan fingerprint density at radius 3 is 2.58 bits per heavy atom. The molecule has 3 aliphatic heterocycles. The summed E-state index contributed by atoms with van der Waals surface area (Å²) in [4.78, 5) is 22.8. The van der Waals surface area contributed by atoms with Gasteiger partial charge in [0.05, 0.1) is 12.1 Å². The number of rotatable bonds is 2. The summed E-state index contributed by atoms with van der Waals surface area (Å²) in [6, 6.07) is 3.17. The molecule has 6 rings (SSSR count). The Kier molecular flexibility index (Phi) is 3.18. The summed E-state index contributed by atoms with van der Waals surface area (Å²) in [6.07, 6.45) is 9.47. The summed E-state index contributed by atoms with van der Waals surface area (Å²) in [7, 11) is 0. The highest BCUT2D eigenvalue weighted by molar-refractivity contribution is 5.57. The molecule has 5 heterocycles. The van der Waals surface area contributed by atoms with Crippen LogP contribution in [0.15, 0.2) is 18.7 Å². The van der Waals surface area contributed by atoms with Crippen molar-refractivity contribution < 1.29 is 0 Å². The Bertz CT molecular complexity index is 764. The number of anilines is 2. The van der Waals surface area contributed by atoms with Gasteiger partial charge in [0.15, 0.2) is 0 Å². The molecule has 3 fully saturated rings. The molecule has 6 heteroatoms. The minimum absolute atomic E-state index is 0.542. The second-order valence-electron chi connectivity index (χ2n) is 7.20. The maximum atomic E-state index is 4.68. The highest BCUT2D eigenvalue weighted by Crippen LogP contribution is 2.40. The predicted molar refractivity (Wildman–Crippen MR) is 92.3 cm³/mol. The number of nitrogens with zero attached hydrogens (tertiary/aromatic N) is 6. The van der Waals surface area contributed by atoms with Gasteiger partial charge >= 0.3 is 0 Å². The molecule has 0 amide bonds. The van der Waals surface area contributed by atoms with E-state index in [1.807, 2.05) is 6.92 Å². The summed E-state index contributed by atoms with van der Waals surface area (Å²) in [5, 5.41) is 0. The molecule has 2 aromatic heterocycles. The molecular formula is C18H22N6. The minimum atomic E-state index is 0.542. The summed E-state index contributed by atoms with van der Waals surface area (Å²) < 4.78 is 0. The summed E-state index contributed by atoms with van der Waals surface area (Å²) in [6.45, 7) is 4.06. The van der Waals surface area contributed by atoms with Crippen LogP contribution in [0.3, 0.4) is 0 Å². The van der Waals surface area contributed by atoms with Gasteiger partial charge in [-0.15, -0.1) is 0 Å². The fourth-order valence-corrected chi connectivity index (χ4v) is 4.48. The maximum Gasteiger partial charge on any atom is 0.136 e. The van der Waals surface area contributed by atoms with Crippen molar-refractivity contribution in [2.75, 3.05) is 22.9 Å². The number of hydrogen-bond donors (Lipinski definition) is 0. The van der Waals surface area contributed by atoms with Crippen molar-refractivity contribution in [3.63, 3.8) is 0 Å². The Labute approximate surface area is 142 Å². The van der Waals surface area contributed by atoms with Crippen molar-refractivity contribution in [3.8, 4) is 0 Å². The average molecular weight is 322 g/mol. The number of fused-ring (bicyclic) bond motifs is 3. The van der Waals surface area contributed by atoms with Crippen LogP contribution in [0.25, 0.3) is 0 Å². The third kappa shape index (κ3) is 2.16. The van der Waals surface area contributed by atoms with Gasteiger partial charge in [-0.25, -0.2) is 19.9 Å². The lowest BCUT2D eigenvalue weighted by molar-refractivity contribution is 0.286. The number of piperazine rings is 1. The van der Waals surface area contributed by atoms with E-state index in [-0.39, 0.29) is 0 Å². The molecule has 2 atom stereocenters. The normalized spacial score (nSPS) is 25.2. The molecule has 0 radical (unpaired) electrons. The Morgan fingerprint density at radius 1 is 0.958 bits per heavy atom. The number of aromatic nitrogens is 4. The monoisotopic (exact) mass is 322 g/mol. The first-order chi connectivity index (χ1) is 11.8. The zero-order chi connectivity index (χ0) is 16.1. The second kappa shape index (κ2) is 5.40. The van der Waals surface area contributed by atoms with Crippen LogP contribution in [0.2, 0.25) is 0 Å². The van der Waals surface area contributed by atoms with Crippen molar-refractivity contribution in [2.24, 2.45) is 0 Å². The molecule has 0 aromatic carbocycles. The van der Waals surface area contributed by atoms with Crippen molar-refractivity contribution in [3.05, 3.63) is 35.7 Å². The van der Waals surface area contributed by atoms with Gasteiger partial charge in [-0.3, -0.25) is 0 Å². The van der Waals surface area contributed by atoms with E-state index in [2.05, 4.69) is 35.8 Å². The van der Waals surface area contributed by atoms with Gasteiger partial charge < -0.3 is 9.80 Å². The molecule has 2 aromatic rings. The SMILES string of the molecule is Cc1cc(N2CC3CC(C2)N3c2ncnc3c2CCCC3)ncn1. The lowest BCUT2D eigenvalue weighted by Gasteiger charge is -2.57. The van der Waals surface area contributed by atoms with E-state index in [0.29, 0.717) is 12.1 Å². The first-order valence-electron chi connectivity index (χ1n) is 8.94. The van der Waals surface area contributed by atoms with E-state index >= 15 is 0 Å². The van der Waals surface area contributed by atoms with Gasteiger partial charge in [-0.2, -0.15) is 0 Å². The number of hydrogen-bond acceptors (Lipinski definition) is 6. The Morgan fingerprint density at radius 2 is 1.75 bits per heavy atom. The molecule has 0 N–H and O–H groups in total. The van der Waals surface area contributed by atoms with E-state index in [1.54, 1.807) is 12.7 Å². The van der Waals surface area contributed by atoms with Crippen LogP contribution in [0.1, 0.15) is 36.2 Å². The van der Waals surface area contributed by atoms with Crippen LogP contribution in [-0.2, 0) is 12.8 Å². The lowest BCUT2D eigenvalue weighted by atomic mass is 9.85. The summed E-state index contributed by atoms with van der Waals surface area (Å²) >= 11 is 0. The maximum absolute atomic E-state index is 4.68. The van der Waals surface area contributed by atoms with Crippen LogP contribution in [-0.4, -0.2) is 45.1 Å². The fraction of sp³-hybridized carbons (Fsp3) is 0.556. The van der Waals surface area contributed by atoms with Crippen molar-refractivity contribution in [2.45, 2.75) is 51.1 Å². The molecule has 6 nitrogen and oxygen atoms in total. The smallest absolute Gasteiger partial charge is 0.136 e. The fourth-order valence-electron chi connectivity index (χ4n) is 4.48. The average Bonchev–Trinajstić information content (AvgIpc) is 2.62. The van der Waals surface area contributed by atoms with E-state index < -0.39 is 0 Å². The van der Waals surface area contributed by atoms with E-state index in [1.165, 1.54) is 36.3 Å². The zero-order valence-electron chi connectivity index (χ0n) is 14.0. The molecule has 0 saturated carbocycles. The summed E-state index contributed by atoms with van der Waals surface area (Å²) in [5.41, 5.74) is 3.71. The van der Waals surface area contributed by atoms with Crippen molar-refractivity contribution in [1.29, 1.82) is 0 Å². The quantitative estimate of drug-likeness (QED) is 0.842. The third-order valence-corrected chi connectivity index (χ3v) is 5.65. The molecule has 2 unspecified atom stereocenters. The predicted octanol–water partition coefficient (Wildman–Crippen LogP) is 1.92.